The van der Waals surface area contributed by atoms with Crippen LogP contribution in [0.15, 0.2) is 12.1 Å². The molecule has 0 saturated carbocycles. The molecule has 1 rings (SSSR count). The number of hydrogen-bond acceptors (Lipinski definition) is 6. The fraction of sp³-hybridized carbons (Fsp3) is 0.529. The SMILES string of the molecule is COc1cc(C(=O)NCCC(=O)NCCN(C)C)cc(OC)c1OC. The second kappa shape index (κ2) is 10.4. The Kier molecular flexibility index (Phi) is 8.55. The van der Waals surface area contributed by atoms with E-state index in [9.17, 15) is 9.59 Å². The number of benzene rings is 1. The Balaban J connectivity index is 2.59. The first-order valence-corrected chi connectivity index (χ1v) is 7.92. The van der Waals surface area contributed by atoms with Crippen molar-refractivity contribution in [2.24, 2.45) is 0 Å². The molecule has 8 nitrogen and oxygen atoms in total. The summed E-state index contributed by atoms with van der Waals surface area (Å²) in [5.74, 6) is 0.788. The molecule has 25 heavy (non-hydrogen) atoms. The molecule has 0 atom stereocenters. The number of amides is 2. The van der Waals surface area contributed by atoms with Gasteiger partial charge in [0.05, 0.1) is 21.3 Å². The highest BCUT2D eigenvalue weighted by molar-refractivity contribution is 5.95. The zero-order valence-corrected chi connectivity index (χ0v) is 15.5. The molecule has 0 spiro atoms. The first-order valence-electron chi connectivity index (χ1n) is 7.92. The van der Waals surface area contributed by atoms with E-state index in [4.69, 9.17) is 14.2 Å². The predicted octanol–water partition coefficient (Wildman–Crippen LogP) is 0.510. The number of nitrogens with zero attached hydrogens (tertiary/aromatic N) is 1. The molecule has 0 aliphatic carbocycles. The Morgan fingerprint density at radius 2 is 1.56 bits per heavy atom. The van der Waals surface area contributed by atoms with E-state index in [-0.39, 0.29) is 24.8 Å². The van der Waals surface area contributed by atoms with Crippen LogP contribution < -0.4 is 24.8 Å². The van der Waals surface area contributed by atoms with Crippen LogP contribution in [0.5, 0.6) is 17.2 Å². The van der Waals surface area contributed by atoms with Gasteiger partial charge in [-0.25, -0.2) is 0 Å². The molecule has 1 aromatic carbocycles. The zero-order valence-electron chi connectivity index (χ0n) is 15.5. The van der Waals surface area contributed by atoms with Crippen LogP contribution in [0.2, 0.25) is 0 Å². The average Bonchev–Trinajstić information content (AvgIpc) is 2.59. The molecule has 0 aromatic heterocycles. The Morgan fingerprint density at radius 3 is 2.04 bits per heavy atom. The molecular formula is C17H27N3O5. The van der Waals surface area contributed by atoms with Crippen molar-refractivity contribution in [1.82, 2.24) is 15.5 Å². The summed E-state index contributed by atoms with van der Waals surface area (Å²) < 4.78 is 15.7. The van der Waals surface area contributed by atoms with Gasteiger partial charge in [0.25, 0.3) is 5.91 Å². The number of carbonyl (C=O) groups is 2. The monoisotopic (exact) mass is 353 g/mol. The van der Waals surface area contributed by atoms with E-state index >= 15 is 0 Å². The van der Waals surface area contributed by atoms with Gasteiger partial charge >= 0.3 is 0 Å². The maximum atomic E-state index is 12.3. The van der Waals surface area contributed by atoms with Crippen molar-refractivity contribution < 1.29 is 23.8 Å². The molecule has 2 N–H and O–H groups in total. The van der Waals surface area contributed by atoms with Gasteiger partial charge in [-0.3, -0.25) is 9.59 Å². The topological polar surface area (TPSA) is 89.1 Å². The van der Waals surface area contributed by atoms with Crippen molar-refractivity contribution in [3.63, 3.8) is 0 Å². The molecule has 8 heteroatoms. The van der Waals surface area contributed by atoms with E-state index in [1.165, 1.54) is 21.3 Å². The second-order valence-corrected chi connectivity index (χ2v) is 5.57. The number of methoxy groups -OCH3 is 3. The van der Waals surface area contributed by atoms with Gasteiger partial charge in [0.1, 0.15) is 0 Å². The van der Waals surface area contributed by atoms with Crippen LogP contribution in [0, 0.1) is 0 Å². The van der Waals surface area contributed by atoms with Gasteiger partial charge in [0.15, 0.2) is 11.5 Å². The van der Waals surface area contributed by atoms with Gasteiger partial charge in [-0.1, -0.05) is 0 Å². The Morgan fingerprint density at radius 1 is 0.960 bits per heavy atom. The minimum atomic E-state index is -0.319. The standard InChI is InChI=1S/C17H27N3O5/c1-20(2)9-8-18-15(21)6-7-19-17(22)12-10-13(23-3)16(25-5)14(11-12)24-4/h10-11H,6-9H2,1-5H3,(H,18,21)(H,19,22). The van der Waals surface area contributed by atoms with Crippen LogP contribution >= 0.6 is 0 Å². The summed E-state index contributed by atoms with van der Waals surface area (Å²) in [5.41, 5.74) is 0.363. The normalized spacial score (nSPS) is 10.3. The fourth-order valence-electron chi connectivity index (χ4n) is 2.11. The number of rotatable bonds is 10. The molecular weight excluding hydrogens is 326 g/mol. The molecule has 0 aliphatic heterocycles. The Bertz CT molecular complexity index is 565. The highest BCUT2D eigenvalue weighted by Crippen LogP contribution is 2.38. The van der Waals surface area contributed by atoms with Crippen LogP contribution in [0.25, 0.3) is 0 Å². The molecule has 0 heterocycles. The van der Waals surface area contributed by atoms with Gasteiger partial charge in [0, 0.05) is 31.6 Å². The molecule has 1 aromatic rings. The number of likely N-dealkylation sites (N-methyl/N-ethyl adjacent to an activating group) is 1. The Labute approximate surface area is 148 Å². The van der Waals surface area contributed by atoms with Crippen molar-refractivity contribution in [2.45, 2.75) is 6.42 Å². The summed E-state index contributed by atoms with van der Waals surface area (Å²) >= 11 is 0. The molecule has 2 amide bonds. The Hall–Kier alpha value is -2.48. The molecule has 140 valence electrons. The summed E-state index contributed by atoms with van der Waals surface area (Å²) in [6, 6.07) is 3.13. The van der Waals surface area contributed by atoms with E-state index in [0.717, 1.165) is 6.54 Å². The summed E-state index contributed by atoms with van der Waals surface area (Å²) in [6.45, 7) is 1.58. The maximum Gasteiger partial charge on any atom is 0.251 e. The van der Waals surface area contributed by atoms with Crippen LogP contribution in [0.3, 0.4) is 0 Å². The first-order chi connectivity index (χ1) is 11.9. The third-order valence-electron chi connectivity index (χ3n) is 3.45. The summed E-state index contributed by atoms with van der Waals surface area (Å²) in [7, 11) is 8.33. The molecule has 0 bridgehead atoms. The van der Waals surface area contributed by atoms with Crippen molar-refractivity contribution in [3.8, 4) is 17.2 Å². The van der Waals surface area contributed by atoms with Gasteiger partial charge in [0.2, 0.25) is 11.7 Å². The van der Waals surface area contributed by atoms with E-state index in [1.807, 2.05) is 19.0 Å². The number of carbonyl (C=O) groups excluding carboxylic acids is 2. The predicted molar refractivity (Wildman–Crippen MR) is 94.6 cm³/mol. The fourth-order valence-corrected chi connectivity index (χ4v) is 2.11. The van der Waals surface area contributed by atoms with Crippen LogP contribution in [0.4, 0.5) is 0 Å². The van der Waals surface area contributed by atoms with Crippen molar-refractivity contribution in [3.05, 3.63) is 17.7 Å². The number of nitrogens with one attached hydrogen (secondary N) is 2. The lowest BCUT2D eigenvalue weighted by molar-refractivity contribution is -0.120. The van der Waals surface area contributed by atoms with Crippen LogP contribution in [-0.2, 0) is 4.79 Å². The molecule has 0 radical (unpaired) electrons. The molecule has 0 unspecified atom stereocenters. The highest BCUT2D eigenvalue weighted by atomic mass is 16.5. The van der Waals surface area contributed by atoms with Gasteiger partial charge in [-0.15, -0.1) is 0 Å². The molecule has 0 aliphatic rings. The smallest absolute Gasteiger partial charge is 0.251 e. The zero-order chi connectivity index (χ0) is 18.8. The number of hydrogen-bond donors (Lipinski definition) is 2. The van der Waals surface area contributed by atoms with E-state index in [1.54, 1.807) is 12.1 Å². The third-order valence-corrected chi connectivity index (χ3v) is 3.45. The molecule has 0 fully saturated rings. The van der Waals surface area contributed by atoms with Crippen LogP contribution in [0.1, 0.15) is 16.8 Å². The highest BCUT2D eigenvalue weighted by Gasteiger charge is 2.17. The minimum absolute atomic E-state index is 0.105. The lowest BCUT2D eigenvalue weighted by Gasteiger charge is -2.14. The minimum Gasteiger partial charge on any atom is -0.493 e. The van der Waals surface area contributed by atoms with Crippen molar-refractivity contribution >= 4 is 11.8 Å². The van der Waals surface area contributed by atoms with E-state index in [2.05, 4.69) is 10.6 Å². The maximum absolute atomic E-state index is 12.3. The second-order valence-electron chi connectivity index (χ2n) is 5.57. The van der Waals surface area contributed by atoms with Gasteiger partial charge in [-0.2, -0.15) is 0 Å². The van der Waals surface area contributed by atoms with Gasteiger partial charge in [-0.05, 0) is 26.2 Å². The lowest BCUT2D eigenvalue weighted by atomic mass is 10.1. The van der Waals surface area contributed by atoms with E-state index < -0.39 is 0 Å². The van der Waals surface area contributed by atoms with Gasteiger partial charge < -0.3 is 29.7 Å². The average molecular weight is 353 g/mol. The molecule has 0 saturated heterocycles. The summed E-state index contributed by atoms with van der Waals surface area (Å²) in [4.78, 5) is 25.9. The summed E-state index contributed by atoms with van der Waals surface area (Å²) in [6.07, 6.45) is 0.212. The van der Waals surface area contributed by atoms with Crippen LogP contribution in [-0.4, -0.2) is 71.8 Å². The van der Waals surface area contributed by atoms with Crippen molar-refractivity contribution in [1.29, 1.82) is 0 Å². The quantitative estimate of drug-likeness (QED) is 0.637. The third kappa shape index (κ3) is 6.50. The first kappa shape index (κ1) is 20.6. The van der Waals surface area contributed by atoms with E-state index in [0.29, 0.717) is 29.4 Å². The van der Waals surface area contributed by atoms with Crippen molar-refractivity contribution in [2.75, 3.05) is 55.1 Å². The summed E-state index contributed by atoms with van der Waals surface area (Å²) in [5, 5.41) is 5.50. The largest absolute Gasteiger partial charge is 0.493 e. The number of ether oxygens (including phenoxy) is 3. The lowest BCUT2D eigenvalue weighted by Crippen LogP contribution is -2.34.